The van der Waals surface area contributed by atoms with Gasteiger partial charge >= 0.3 is 6.18 Å². The second-order valence-corrected chi connectivity index (χ2v) is 9.93. The molecule has 0 spiro atoms. The zero-order valence-corrected chi connectivity index (χ0v) is 26.1. The SMILES string of the molecule is C=NCC1=CCOCC1.C=NN1CNC(CC)=C(N2CCN(C(C)=O)CC2)C1=O.Cc1ccc(C(F)(F)F)cc1Cl.NC=O. The van der Waals surface area contributed by atoms with Crippen LogP contribution >= 0.6 is 11.6 Å². The number of primary amides is 1. The highest BCUT2D eigenvalue weighted by Gasteiger charge is 2.32. The van der Waals surface area contributed by atoms with E-state index < -0.39 is 11.7 Å². The Morgan fingerprint density at radius 3 is 2.32 bits per heavy atom. The molecule has 3 aliphatic heterocycles. The molecule has 4 rings (SSSR count). The van der Waals surface area contributed by atoms with Crippen LogP contribution in [0.25, 0.3) is 0 Å². The molecule has 0 bridgehead atoms. The van der Waals surface area contributed by atoms with Gasteiger partial charge < -0.3 is 25.6 Å². The van der Waals surface area contributed by atoms with Crippen LogP contribution in [0, 0.1) is 6.92 Å². The van der Waals surface area contributed by atoms with Crippen LogP contribution < -0.4 is 11.1 Å². The molecule has 1 aromatic rings. The van der Waals surface area contributed by atoms with Crippen molar-refractivity contribution in [3.8, 4) is 0 Å². The van der Waals surface area contributed by atoms with E-state index >= 15 is 0 Å². The van der Waals surface area contributed by atoms with Gasteiger partial charge in [0.25, 0.3) is 5.91 Å². The molecule has 0 saturated carbocycles. The van der Waals surface area contributed by atoms with Gasteiger partial charge in [0, 0.05) is 50.5 Å². The minimum atomic E-state index is -4.31. The predicted molar refractivity (Wildman–Crippen MR) is 165 cm³/mol. The van der Waals surface area contributed by atoms with E-state index in [1.807, 2.05) is 11.8 Å². The van der Waals surface area contributed by atoms with Crippen LogP contribution in [-0.2, 0) is 25.3 Å². The monoisotopic (exact) mass is 643 g/mol. The molecule has 44 heavy (non-hydrogen) atoms. The third-order valence-electron chi connectivity index (χ3n) is 6.60. The first-order chi connectivity index (χ1) is 20.8. The molecule has 1 saturated heterocycles. The van der Waals surface area contributed by atoms with Crippen molar-refractivity contribution in [1.82, 2.24) is 20.1 Å². The fourth-order valence-corrected chi connectivity index (χ4v) is 4.36. The fraction of sp³-hybridized carbons (Fsp3) is 0.483. The lowest BCUT2D eigenvalue weighted by Crippen LogP contribution is -2.53. The Bertz CT molecular complexity index is 1200. The van der Waals surface area contributed by atoms with Crippen LogP contribution in [0.2, 0.25) is 5.02 Å². The highest BCUT2D eigenvalue weighted by atomic mass is 35.5. The van der Waals surface area contributed by atoms with Gasteiger partial charge in [0.15, 0.2) is 0 Å². The van der Waals surface area contributed by atoms with E-state index in [2.05, 4.69) is 40.7 Å². The Morgan fingerprint density at radius 1 is 1.23 bits per heavy atom. The van der Waals surface area contributed by atoms with Gasteiger partial charge in [0.05, 0.1) is 25.3 Å². The number of nitrogens with two attached hydrogens (primary N) is 1. The summed E-state index contributed by atoms with van der Waals surface area (Å²) in [6.07, 6.45) is -0.187. The number of rotatable bonds is 5. The van der Waals surface area contributed by atoms with Crippen molar-refractivity contribution in [3.05, 3.63) is 57.4 Å². The van der Waals surface area contributed by atoms with Crippen molar-refractivity contribution in [2.75, 3.05) is 52.6 Å². The number of hydrogen-bond acceptors (Lipinski definition) is 8. The number of amides is 3. The third-order valence-corrected chi connectivity index (χ3v) is 7.01. The van der Waals surface area contributed by atoms with Gasteiger partial charge in [-0.05, 0) is 49.8 Å². The number of hydrazone groups is 1. The van der Waals surface area contributed by atoms with Crippen molar-refractivity contribution in [3.63, 3.8) is 0 Å². The molecule has 3 heterocycles. The lowest BCUT2D eigenvalue weighted by atomic mass is 10.1. The molecule has 3 aliphatic rings. The number of carbonyl (C=O) groups is 3. The summed E-state index contributed by atoms with van der Waals surface area (Å²) in [5.74, 6) is -0.0382. The van der Waals surface area contributed by atoms with Crippen LogP contribution in [0.15, 0.2) is 51.3 Å². The Kier molecular flexibility index (Phi) is 16.8. The summed E-state index contributed by atoms with van der Waals surface area (Å²) in [4.78, 5) is 40.0. The van der Waals surface area contributed by atoms with Crippen molar-refractivity contribution < 1.29 is 32.3 Å². The summed E-state index contributed by atoms with van der Waals surface area (Å²) in [7, 11) is 0. The molecule has 1 fully saturated rings. The smallest absolute Gasteiger partial charge is 0.377 e. The molecule has 0 unspecified atom stereocenters. The summed E-state index contributed by atoms with van der Waals surface area (Å²) in [6.45, 7) is 17.4. The number of nitrogens with zero attached hydrogens (tertiary/aromatic N) is 5. The summed E-state index contributed by atoms with van der Waals surface area (Å²) in [6, 6.07) is 3.29. The Morgan fingerprint density at radius 2 is 1.86 bits per heavy atom. The van der Waals surface area contributed by atoms with Crippen molar-refractivity contribution in [1.29, 1.82) is 0 Å². The first-order valence-corrected chi connectivity index (χ1v) is 14.1. The van der Waals surface area contributed by atoms with Gasteiger partial charge in [-0.15, -0.1) is 0 Å². The number of hydrogen-bond donors (Lipinski definition) is 2. The molecule has 3 N–H and O–H groups in total. The summed E-state index contributed by atoms with van der Waals surface area (Å²) < 4.78 is 41.2. The molecular formula is C29H41ClF3N7O4. The van der Waals surface area contributed by atoms with Crippen LogP contribution in [-0.4, -0.2) is 99.1 Å². The van der Waals surface area contributed by atoms with E-state index in [0.717, 1.165) is 50.4 Å². The van der Waals surface area contributed by atoms with Gasteiger partial charge in [-0.3, -0.25) is 19.4 Å². The van der Waals surface area contributed by atoms with E-state index in [0.29, 0.717) is 44.1 Å². The van der Waals surface area contributed by atoms with E-state index in [4.69, 9.17) is 21.1 Å². The van der Waals surface area contributed by atoms with Crippen molar-refractivity contribution in [2.24, 2.45) is 15.8 Å². The molecule has 0 radical (unpaired) electrons. The lowest BCUT2D eigenvalue weighted by molar-refractivity contribution is -0.137. The van der Waals surface area contributed by atoms with Crippen LogP contribution in [0.3, 0.4) is 0 Å². The molecule has 11 nitrogen and oxygen atoms in total. The fourth-order valence-electron chi connectivity index (χ4n) is 4.18. The van der Waals surface area contributed by atoms with Crippen LogP contribution in [0.5, 0.6) is 0 Å². The van der Waals surface area contributed by atoms with Crippen molar-refractivity contribution >= 4 is 43.3 Å². The second-order valence-electron chi connectivity index (χ2n) is 9.52. The molecule has 0 aliphatic carbocycles. The Balaban J connectivity index is 0.000000342. The number of nitrogens with one attached hydrogen (secondary N) is 1. The Hall–Kier alpha value is -3.91. The zero-order valence-electron chi connectivity index (χ0n) is 25.3. The van der Waals surface area contributed by atoms with E-state index in [-0.39, 0.29) is 23.2 Å². The topological polar surface area (TPSA) is 133 Å². The zero-order chi connectivity index (χ0) is 33.3. The molecule has 244 valence electrons. The number of piperazine rings is 1. The van der Waals surface area contributed by atoms with Gasteiger partial charge in [-0.1, -0.05) is 30.7 Å². The molecule has 1 aromatic carbocycles. The average molecular weight is 644 g/mol. The number of aliphatic imine (C=N–C) groups is 1. The Labute approximate surface area is 261 Å². The molecule has 15 heteroatoms. The maximum atomic E-state index is 12.4. The predicted octanol–water partition coefficient (Wildman–Crippen LogP) is 3.58. The largest absolute Gasteiger partial charge is 0.416 e. The number of benzene rings is 1. The standard InChI is InChI=1S/C13H21N5O2.C8H6ClF3.C7H11NO.CH3NO/c1-4-11-12(13(20)18(14-3)9-15-11)17-7-5-16(6-8-17)10(2)19;1-5-2-3-6(4-7(5)9)8(10,11)12;1-8-6-7-2-4-9-5-3-7;2-1-3/h15H,3-9H2,1-2H3;2-4H,1H3;2H,1,3-6H2;1H,(H2,2,3). The first-order valence-electron chi connectivity index (χ1n) is 13.8. The van der Waals surface area contributed by atoms with Gasteiger partial charge in [-0.2, -0.15) is 18.3 Å². The summed E-state index contributed by atoms with van der Waals surface area (Å²) in [5.41, 5.74) is 7.06. The highest BCUT2D eigenvalue weighted by Crippen LogP contribution is 2.31. The first kappa shape index (κ1) is 38.1. The molecular weight excluding hydrogens is 603 g/mol. The summed E-state index contributed by atoms with van der Waals surface area (Å²) >= 11 is 5.52. The van der Waals surface area contributed by atoms with E-state index in [1.165, 1.54) is 16.6 Å². The number of carbonyl (C=O) groups excluding carboxylic acids is 3. The van der Waals surface area contributed by atoms with Crippen LogP contribution in [0.1, 0.15) is 37.8 Å². The van der Waals surface area contributed by atoms with E-state index in [1.54, 1.807) is 18.7 Å². The normalized spacial score (nSPS) is 16.5. The second kappa shape index (κ2) is 19.4. The number of halogens is 4. The molecule has 3 amide bonds. The number of aryl methyl sites for hydroxylation is 1. The minimum absolute atomic E-state index is 0.0804. The molecule has 0 aromatic heterocycles. The van der Waals surface area contributed by atoms with Crippen molar-refractivity contribution in [2.45, 2.75) is 39.8 Å². The summed E-state index contributed by atoms with van der Waals surface area (Å²) in [5, 5.41) is 8.41. The number of alkyl halides is 3. The highest BCUT2D eigenvalue weighted by molar-refractivity contribution is 6.31. The third kappa shape index (κ3) is 12.4. The van der Waals surface area contributed by atoms with Crippen LogP contribution in [0.4, 0.5) is 13.2 Å². The molecule has 0 atom stereocenters. The minimum Gasteiger partial charge on any atom is -0.377 e. The average Bonchev–Trinajstić information content (AvgIpc) is 2.99. The van der Waals surface area contributed by atoms with E-state index in [9.17, 15) is 22.8 Å². The number of allylic oxidation sites excluding steroid dienone is 1. The van der Waals surface area contributed by atoms with Gasteiger partial charge in [-0.25, -0.2) is 5.01 Å². The maximum absolute atomic E-state index is 12.4. The quantitative estimate of drug-likeness (QED) is 0.286. The maximum Gasteiger partial charge on any atom is 0.416 e. The van der Waals surface area contributed by atoms with Gasteiger partial charge in [0.2, 0.25) is 12.3 Å². The van der Waals surface area contributed by atoms with Gasteiger partial charge in [0.1, 0.15) is 12.4 Å². The lowest BCUT2D eigenvalue weighted by Gasteiger charge is -2.39. The number of ether oxygens (including phenoxy) is 1.